The van der Waals surface area contributed by atoms with Crippen LogP contribution in [0.1, 0.15) is 41.5 Å². The van der Waals surface area contributed by atoms with E-state index in [0.29, 0.717) is 25.3 Å². The van der Waals surface area contributed by atoms with Gasteiger partial charge in [-0.2, -0.15) is 0 Å². The first-order chi connectivity index (χ1) is 15.2. The largest absolute Gasteiger partial charge is 0.497 e. The predicted octanol–water partition coefficient (Wildman–Crippen LogP) is 4.23. The Hall–Kier alpha value is -3.28. The minimum Gasteiger partial charge on any atom is -0.497 e. The van der Waals surface area contributed by atoms with Gasteiger partial charge in [-0.05, 0) is 36.6 Å². The van der Waals surface area contributed by atoms with Gasteiger partial charge in [0.1, 0.15) is 17.3 Å². The van der Waals surface area contributed by atoms with Crippen molar-refractivity contribution in [3.8, 4) is 11.5 Å². The van der Waals surface area contributed by atoms with Crippen LogP contribution < -0.4 is 9.47 Å². The van der Waals surface area contributed by atoms with Crippen molar-refractivity contribution >= 4 is 5.91 Å². The van der Waals surface area contributed by atoms with Crippen LogP contribution in [0.2, 0.25) is 0 Å². The highest BCUT2D eigenvalue weighted by molar-refractivity contribution is 5.79. The van der Waals surface area contributed by atoms with E-state index in [9.17, 15) is 4.79 Å². The summed E-state index contributed by atoms with van der Waals surface area (Å²) in [5, 5.41) is 0. The minimum atomic E-state index is 0.109. The van der Waals surface area contributed by atoms with Gasteiger partial charge in [0.15, 0.2) is 5.89 Å². The normalized spacial score (nSPS) is 16.2. The van der Waals surface area contributed by atoms with Crippen LogP contribution in [0.4, 0.5) is 0 Å². The Morgan fingerprint density at radius 2 is 2.03 bits per heavy atom. The van der Waals surface area contributed by atoms with Gasteiger partial charge >= 0.3 is 0 Å². The summed E-state index contributed by atoms with van der Waals surface area (Å²) in [7, 11) is 3.29. The number of rotatable bonds is 7. The molecule has 0 bridgehead atoms. The molecule has 1 atom stereocenters. The number of methoxy groups -OCH3 is 2. The highest BCUT2D eigenvalue weighted by Crippen LogP contribution is 2.28. The lowest BCUT2D eigenvalue weighted by Crippen LogP contribution is -2.40. The van der Waals surface area contributed by atoms with Crippen LogP contribution in [0, 0.1) is 0 Å². The fraction of sp³-hybridized carbons (Fsp3) is 0.360. The molecular weight excluding hydrogens is 392 g/mol. The van der Waals surface area contributed by atoms with Gasteiger partial charge in [0.05, 0.1) is 32.8 Å². The molecule has 0 aliphatic carbocycles. The Kier molecular flexibility index (Phi) is 6.55. The van der Waals surface area contributed by atoms with Crippen molar-refractivity contribution in [1.29, 1.82) is 0 Å². The standard InChI is InChI=1S/C25H28N2O4/c1-29-21-10-5-7-18(13-21)14-22-16-26-25(31-22)20-9-6-12-27(17-20)24(28)15-19-8-3-4-11-23(19)30-2/h3-5,7-8,10-11,13,16,20H,6,9,12,14-15,17H2,1-2H3/t20-/m0/s1. The molecule has 3 aromatic rings. The number of likely N-dealkylation sites (tertiary alicyclic amines) is 1. The average Bonchev–Trinajstić information content (AvgIpc) is 3.28. The molecule has 1 saturated heterocycles. The van der Waals surface area contributed by atoms with Crippen molar-refractivity contribution in [3.63, 3.8) is 0 Å². The van der Waals surface area contributed by atoms with E-state index in [-0.39, 0.29) is 11.8 Å². The second kappa shape index (κ2) is 9.69. The molecule has 1 aromatic heterocycles. The van der Waals surface area contributed by atoms with E-state index in [1.54, 1.807) is 20.4 Å². The number of nitrogens with zero attached hydrogens (tertiary/aromatic N) is 2. The first kappa shape index (κ1) is 21.0. The number of hydrogen-bond acceptors (Lipinski definition) is 5. The molecule has 0 saturated carbocycles. The summed E-state index contributed by atoms with van der Waals surface area (Å²) < 4.78 is 16.8. The van der Waals surface area contributed by atoms with E-state index in [1.807, 2.05) is 53.4 Å². The Morgan fingerprint density at radius 3 is 2.87 bits per heavy atom. The zero-order chi connectivity index (χ0) is 21.6. The number of para-hydroxylation sites is 1. The molecule has 0 N–H and O–H groups in total. The second-order valence-corrected chi connectivity index (χ2v) is 7.86. The predicted molar refractivity (Wildman–Crippen MR) is 118 cm³/mol. The number of ether oxygens (including phenoxy) is 2. The third-order valence-corrected chi connectivity index (χ3v) is 5.74. The zero-order valence-electron chi connectivity index (χ0n) is 18.0. The van der Waals surface area contributed by atoms with E-state index in [1.165, 1.54) is 0 Å². The van der Waals surface area contributed by atoms with Crippen LogP contribution in [0.25, 0.3) is 0 Å². The van der Waals surface area contributed by atoms with Crippen LogP contribution in [0.15, 0.2) is 59.1 Å². The lowest BCUT2D eigenvalue weighted by molar-refractivity contribution is -0.131. The first-order valence-corrected chi connectivity index (χ1v) is 10.6. The number of piperidine rings is 1. The summed E-state index contributed by atoms with van der Waals surface area (Å²) in [5.41, 5.74) is 2.02. The molecule has 6 heteroatoms. The summed E-state index contributed by atoms with van der Waals surface area (Å²) in [4.78, 5) is 19.4. The average molecular weight is 421 g/mol. The van der Waals surface area contributed by atoms with E-state index >= 15 is 0 Å². The summed E-state index contributed by atoms with van der Waals surface area (Å²) in [5.74, 6) is 3.34. The van der Waals surface area contributed by atoms with Crippen LogP contribution in [0.3, 0.4) is 0 Å². The SMILES string of the molecule is COc1cccc(Cc2cnc([C@H]3CCCN(C(=O)Cc4ccccc4OC)C3)o2)c1. The fourth-order valence-corrected chi connectivity index (χ4v) is 4.11. The molecule has 0 spiro atoms. The maximum Gasteiger partial charge on any atom is 0.227 e. The minimum absolute atomic E-state index is 0.109. The molecule has 6 nitrogen and oxygen atoms in total. The van der Waals surface area contributed by atoms with Gasteiger partial charge in [0.25, 0.3) is 0 Å². The number of aromatic nitrogens is 1. The molecule has 0 radical (unpaired) electrons. The summed E-state index contributed by atoms with van der Waals surface area (Å²) >= 11 is 0. The van der Waals surface area contributed by atoms with Crippen molar-refractivity contribution in [2.24, 2.45) is 0 Å². The molecule has 1 amide bonds. The van der Waals surface area contributed by atoms with Crippen LogP contribution in [-0.4, -0.2) is 43.1 Å². The molecule has 2 aromatic carbocycles. The van der Waals surface area contributed by atoms with Crippen LogP contribution in [-0.2, 0) is 17.6 Å². The zero-order valence-corrected chi connectivity index (χ0v) is 18.0. The maximum atomic E-state index is 12.9. The van der Waals surface area contributed by atoms with Crippen molar-refractivity contribution in [1.82, 2.24) is 9.88 Å². The van der Waals surface area contributed by atoms with Gasteiger partial charge in [-0.3, -0.25) is 4.79 Å². The monoisotopic (exact) mass is 420 g/mol. The Balaban J connectivity index is 1.40. The molecule has 1 fully saturated rings. The van der Waals surface area contributed by atoms with Crippen molar-refractivity contribution in [2.45, 2.75) is 31.6 Å². The molecule has 162 valence electrons. The van der Waals surface area contributed by atoms with Gasteiger partial charge in [0, 0.05) is 25.1 Å². The number of benzene rings is 2. The quantitative estimate of drug-likeness (QED) is 0.572. The summed E-state index contributed by atoms with van der Waals surface area (Å²) in [6.45, 7) is 1.40. The summed E-state index contributed by atoms with van der Waals surface area (Å²) in [6, 6.07) is 15.6. The smallest absolute Gasteiger partial charge is 0.227 e. The van der Waals surface area contributed by atoms with Gasteiger partial charge in [-0.1, -0.05) is 30.3 Å². The highest BCUT2D eigenvalue weighted by atomic mass is 16.5. The topological polar surface area (TPSA) is 64.8 Å². The van der Waals surface area contributed by atoms with Gasteiger partial charge in [0.2, 0.25) is 5.91 Å². The van der Waals surface area contributed by atoms with Gasteiger partial charge in [-0.25, -0.2) is 4.98 Å². The molecule has 4 rings (SSSR count). The van der Waals surface area contributed by atoms with E-state index < -0.39 is 0 Å². The molecule has 31 heavy (non-hydrogen) atoms. The maximum absolute atomic E-state index is 12.9. The van der Waals surface area contributed by atoms with E-state index in [2.05, 4.69) is 4.98 Å². The molecular formula is C25H28N2O4. The van der Waals surface area contributed by atoms with Gasteiger partial charge in [-0.15, -0.1) is 0 Å². The lowest BCUT2D eigenvalue weighted by atomic mass is 9.97. The Morgan fingerprint density at radius 1 is 1.16 bits per heavy atom. The lowest BCUT2D eigenvalue weighted by Gasteiger charge is -2.31. The number of amides is 1. The second-order valence-electron chi connectivity index (χ2n) is 7.86. The fourth-order valence-electron chi connectivity index (χ4n) is 4.11. The third-order valence-electron chi connectivity index (χ3n) is 5.74. The third kappa shape index (κ3) is 5.08. The number of oxazole rings is 1. The number of hydrogen-bond donors (Lipinski definition) is 0. The Labute approximate surface area is 182 Å². The molecule has 0 unspecified atom stereocenters. The van der Waals surface area contributed by atoms with Crippen LogP contribution >= 0.6 is 0 Å². The van der Waals surface area contributed by atoms with Crippen LogP contribution in [0.5, 0.6) is 11.5 Å². The molecule has 2 heterocycles. The Bertz CT molecular complexity index is 1030. The van der Waals surface area contributed by atoms with Crippen molar-refractivity contribution in [2.75, 3.05) is 27.3 Å². The summed E-state index contributed by atoms with van der Waals surface area (Å²) in [6.07, 6.45) is 4.70. The van der Waals surface area contributed by atoms with Crippen molar-refractivity contribution < 1.29 is 18.7 Å². The van der Waals surface area contributed by atoms with Crippen molar-refractivity contribution in [3.05, 3.63) is 77.5 Å². The number of carbonyl (C=O) groups excluding carboxylic acids is 1. The van der Waals surface area contributed by atoms with E-state index in [4.69, 9.17) is 13.9 Å². The first-order valence-electron chi connectivity index (χ1n) is 10.6. The molecule has 1 aliphatic heterocycles. The number of carbonyl (C=O) groups is 1. The van der Waals surface area contributed by atoms with E-state index in [0.717, 1.165) is 47.8 Å². The van der Waals surface area contributed by atoms with Gasteiger partial charge < -0.3 is 18.8 Å². The molecule has 1 aliphatic rings. The highest BCUT2D eigenvalue weighted by Gasteiger charge is 2.28.